The van der Waals surface area contributed by atoms with Crippen molar-refractivity contribution in [2.45, 2.75) is 6.92 Å². The Morgan fingerprint density at radius 3 is 2.83 bits per heavy atom. The Kier molecular flexibility index (Phi) is 4.83. The fourth-order valence-electron chi connectivity index (χ4n) is 2.90. The van der Waals surface area contributed by atoms with Crippen LogP contribution in [0.5, 0.6) is 11.5 Å². The van der Waals surface area contributed by atoms with E-state index in [1.807, 2.05) is 18.2 Å². The first-order chi connectivity index (χ1) is 11.2. The number of carbonyl (C=O) groups excluding carboxylic acids is 1. The Labute approximate surface area is 136 Å². The molecule has 1 aromatic carbocycles. The van der Waals surface area contributed by atoms with Gasteiger partial charge < -0.3 is 19.7 Å². The summed E-state index contributed by atoms with van der Waals surface area (Å²) in [5, 5.41) is 3.36. The fraction of sp³-hybridized carbons (Fsp3) is 0.471. The van der Waals surface area contributed by atoms with Crippen molar-refractivity contribution in [2.75, 3.05) is 51.3 Å². The summed E-state index contributed by atoms with van der Waals surface area (Å²) in [5.41, 5.74) is 0.951. The van der Waals surface area contributed by atoms with E-state index in [1.54, 1.807) is 13.2 Å². The van der Waals surface area contributed by atoms with Gasteiger partial charge in [0.2, 0.25) is 5.88 Å². The quantitative estimate of drug-likeness (QED) is 0.825. The van der Waals surface area contributed by atoms with Crippen LogP contribution < -0.4 is 19.7 Å². The van der Waals surface area contributed by atoms with Gasteiger partial charge in [-0.15, -0.1) is 0 Å². The first-order valence-corrected chi connectivity index (χ1v) is 7.96. The maximum atomic E-state index is 11.5. The summed E-state index contributed by atoms with van der Waals surface area (Å²) in [6, 6.07) is 5.70. The number of hydrogen-bond acceptors (Lipinski definition) is 6. The molecule has 1 N–H and O–H groups in total. The summed E-state index contributed by atoms with van der Waals surface area (Å²) in [4.78, 5) is 16.0. The SMILES string of the molecule is COc1ccc2c(c1)N(CCN1CCNCC1)/C(=C/C(C)=O)O2. The van der Waals surface area contributed by atoms with Crippen LogP contribution in [0, 0.1) is 0 Å². The molecule has 0 bridgehead atoms. The highest BCUT2D eigenvalue weighted by molar-refractivity contribution is 5.89. The Hall–Kier alpha value is -2.05. The van der Waals surface area contributed by atoms with Crippen molar-refractivity contribution in [1.82, 2.24) is 10.2 Å². The summed E-state index contributed by atoms with van der Waals surface area (Å²) in [6.45, 7) is 7.38. The van der Waals surface area contributed by atoms with Gasteiger partial charge in [0.25, 0.3) is 0 Å². The van der Waals surface area contributed by atoms with E-state index in [2.05, 4.69) is 15.1 Å². The third-order valence-corrected chi connectivity index (χ3v) is 4.11. The summed E-state index contributed by atoms with van der Waals surface area (Å²) < 4.78 is 11.2. The highest BCUT2D eigenvalue weighted by atomic mass is 16.5. The predicted molar refractivity (Wildman–Crippen MR) is 89.0 cm³/mol. The number of carbonyl (C=O) groups is 1. The number of piperazine rings is 1. The third-order valence-electron chi connectivity index (χ3n) is 4.11. The van der Waals surface area contributed by atoms with Gasteiger partial charge in [-0.2, -0.15) is 0 Å². The molecule has 6 nitrogen and oxygen atoms in total. The molecular formula is C17H23N3O3. The van der Waals surface area contributed by atoms with Gasteiger partial charge in [0.1, 0.15) is 5.75 Å². The summed E-state index contributed by atoms with van der Waals surface area (Å²) in [6.07, 6.45) is 1.55. The molecular weight excluding hydrogens is 294 g/mol. The number of rotatable bonds is 5. The molecule has 2 heterocycles. The van der Waals surface area contributed by atoms with Crippen LogP contribution in [0.3, 0.4) is 0 Å². The molecule has 2 aliphatic rings. The minimum atomic E-state index is -0.0213. The molecule has 0 aliphatic carbocycles. The number of nitrogens with zero attached hydrogens (tertiary/aromatic N) is 2. The lowest BCUT2D eigenvalue weighted by molar-refractivity contribution is -0.112. The summed E-state index contributed by atoms with van der Waals surface area (Å²) in [5.74, 6) is 2.12. The molecule has 6 heteroatoms. The first kappa shape index (κ1) is 15.8. The standard InChI is InChI=1S/C17H23N3O3/c1-13(21)11-17-20(10-9-19-7-5-18-6-8-19)15-12-14(22-2)3-4-16(15)23-17/h3-4,11-12,18H,5-10H2,1-2H3/b17-11-. The van der Waals surface area contributed by atoms with Crippen LogP contribution in [0.15, 0.2) is 30.2 Å². The minimum Gasteiger partial charge on any atom is -0.497 e. The van der Waals surface area contributed by atoms with Gasteiger partial charge in [-0.1, -0.05) is 0 Å². The van der Waals surface area contributed by atoms with Gasteiger partial charge in [0, 0.05) is 51.4 Å². The molecule has 3 rings (SSSR count). The zero-order chi connectivity index (χ0) is 16.2. The molecule has 2 aliphatic heterocycles. The number of anilines is 1. The van der Waals surface area contributed by atoms with Crippen molar-refractivity contribution >= 4 is 11.5 Å². The van der Waals surface area contributed by atoms with Crippen LogP contribution in [-0.2, 0) is 4.79 Å². The number of benzene rings is 1. The van der Waals surface area contributed by atoms with Crippen LogP contribution in [0.25, 0.3) is 0 Å². The molecule has 0 amide bonds. The Bertz CT molecular complexity index is 609. The number of hydrogen-bond donors (Lipinski definition) is 1. The number of methoxy groups -OCH3 is 1. The lowest BCUT2D eigenvalue weighted by Crippen LogP contribution is -2.46. The van der Waals surface area contributed by atoms with Crippen molar-refractivity contribution in [3.8, 4) is 11.5 Å². The second-order valence-electron chi connectivity index (χ2n) is 5.77. The van der Waals surface area contributed by atoms with E-state index in [-0.39, 0.29) is 5.78 Å². The van der Waals surface area contributed by atoms with E-state index in [4.69, 9.17) is 9.47 Å². The molecule has 1 fully saturated rings. The number of ketones is 1. The van der Waals surface area contributed by atoms with Gasteiger partial charge in [0.05, 0.1) is 12.8 Å². The van der Waals surface area contributed by atoms with E-state index >= 15 is 0 Å². The van der Waals surface area contributed by atoms with Gasteiger partial charge >= 0.3 is 0 Å². The summed E-state index contributed by atoms with van der Waals surface area (Å²) in [7, 11) is 1.65. The Morgan fingerprint density at radius 2 is 2.13 bits per heavy atom. The largest absolute Gasteiger partial charge is 0.497 e. The average molecular weight is 317 g/mol. The van der Waals surface area contributed by atoms with Crippen molar-refractivity contribution in [3.63, 3.8) is 0 Å². The molecule has 23 heavy (non-hydrogen) atoms. The van der Waals surface area contributed by atoms with Crippen LogP contribution in [-0.4, -0.2) is 57.1 Å². The molecule has 1 saturated heterocycles. The van der Waals surface area contributed by atoms with Crippen molar-refractivity contribution in [1.29, 1.82) is 0 Å². The smallest absolute Gasteiger partial charge is 0.204 e. The normalized spacial score (nSPS) is 19.6. The first-order valence-electron chi connectivity index (χ1n) is 7.96. The second-order valence-corrected chi connectivity index (χ2v) is 5.77. The summed E-state index contributed by atoms with van der Waals surface area (Å²) >= 11 is 0. The van der Waals surface area contributed by atoms with E-state index in [1.165, 1.54) is 6.92 Å². The van der Waals surface area contributed by atoms with E-state index < -0.39 is 0 Å². The molecule has 0 atom stereocenters. The molecule has 0 radical (unpaired) electrons. The van der Waals surface area contributed by atoms with Gasteiger partial charge in [0.15, 0.2) is 11.5 Å². The Balaban J connectivity index is 1.79. The van der Waals surface area contributed by atoms with E-state index in [9.17, 15) is 4.79 Å². The van der Waals surface area contributed by atoms with E-state index in [0.29, 0.717) is 5.88 Å². The molecule has 124 valence electrons. The highest BCUT2D eigenvalue weighted by Gasteiger charge is 2.27. The van der Waals surface area contributed by atoms with Gasteiger partial charge in [-0.05, 0) is 19.1 Å². The predicted octanol–water partition coefficient (Wildman–Crippen LogP) is 1.23. The van der Waals surface area contributed by atoms with Crippen molar-refractivity contribution in [3.05, 3.63) is 30.2 Å². The zero-order valence-electron chi connectivity index (χ0n) is 13.7. The Morgan fingerprint density at radius 1 is 1.35 bits per heavy atom. The molecule has 0 spiro atoms. The number of fused-ring (bicyclic) bond motifs is 1. The van der Waals surface area contributed by atoms with Gasteiger partial charge in [-0.3, -0.25) is 9.69 Å². The zero-order valence-corrected chi connectivity index (χ0v) is 13.7. The molecule has 0 saturated carbocycles. The van der Waals surface area contributed by atoms with E-state index in [0.717, 1.165) is 56.5 Å². The minimum absolute atomic E-state index is 0.0213. The lowest BCUT2D eigenvalue weighted by Gasteiger charge is -2.29. The molecule has 1 aromatic rings. The van der Waals surface area contributed by atoms with Crippen molar-refractivity contribution in [2.24, 2.45) is 0 Å². The van der Waals surface area contributed by atoms with Crippen LogP contribution in [0.2, 0.25) is 0 Å². The third kappa shape index (κ3) is 3.65. The van der Waals surface area contributed by atoms with Crippen molar-refractivity contribution < 1.29 is 14.3 Å². The van der Waals surface area contributed by atoms with Crippen LogP contribution in [0.1, 0.15) is 6.92 Å². The lowest BCUT2D eigenvalue weighted by atomic mass is 10.2. The molecule has 0 aromatic heterocycles. The maximum Gasteiger partial charge on any atom is 0.204 e. The van der Waals surface area contributed by atoms with Crippen LogP contribution >= 0.6 is 0 Å². The fourth-order valence-corrected chi connectivity index (χ4v) is 2.90. The number of nitrogens with one attached hydrogen (secondary N) is 1. The monoisotopic (exact) mass is 317 g/mol. The number of allylic oxidation sites excluding steroid dienone is 1. The molecule has 0 unspecified atom stereocenters. The highest BCUT2D eigenvalue weighted by Crippen LogP contribution is 2.41. The average Bonchev–Trinajstić information content (AvgIpc) is 2.89. The van der Waals surface area contributed by atoms with Gasteiger partial charge in [-0.25, -0.2) is 0 Å². The number of ether oxygens (including phenoxy) is 2. The maximum absolute atomic E-state index is 11.5. The second kappa shape index (κ2) is 7.02. The topological polar surface area (TPSA) is 54.0 Å². The van der Waals surface area contributed by atoms with Crippen LogP contribution in [0.4, 0.5) is 5.69 Å².